The Balaban J connectivity index is 2.21. The second-order valence-electron chi connectivity index (χ2n) is 4.39. The molecular formula is C14H12BrN5. The molecule has 0 aliphatic carbocycles. The Hall–Kier alpha value is -2.21. The van der Waals surface area contributed by atoms with Crippen LogP contribution in [0.3, 0.4) is 0 Å². The molecule has 0 unspecified atom stereocenters. The fraction of sp³-hybridized carbons (Fsp3) is 0.0714. The minimum absolute atomic E-state index is 0.629. The van der Waals surface area contributed by atoms with Gasteiger partial charge < -0.3 is 5.73 Å². The van der Waals surface area contributed by atoms with Gasteiger partial charge in [-0.25, -0.2) is 0 Å². The van der Waals surface area contributed by atoms with Crippen LogP contribution < -0.4 is 5.73 Å². The van der Waals surface area contributed by atoms with Gasteiger partial charge in [0.1, 0.15) is 0 Å². The van der Waals surface area contributed by atoms with Crippen molar-refractivity contribution in [3.63, 3.8) is 0 Å². The van der Waals surface area contributed by atoms with Crippen LogP contribution in [0.4, 0.5) is 5.69 Å². The largest absolute Gasteiger partial charge is 0.398 e. The highest BCUT2D eigenvalue weighted by atomic mass is 79.9. The lowest BCUT2D eigenvalue weighted by Crippen LogP contribution is -2.03. The van der Waals surface area contributed by atoms with Crippen LogP contribution in [0, 0.1) is 6.92 Å². The SMILES string of the molecule is Cc1c(Br)cccc1-n1nnnc1-c1ccccc1N. The van der Waals surface area contributed by atoms with Gasteiger partial charge in [0.05, 0.1) is 5.69 Å². The topological polar surface area (TPSA) is 69.6 Å². The normalized spacial score (nSPS) is 10.7. The summed E-state index contributed by atoms with van der Waals surface area (Å²) in [4.78, 5) is 0. The van der Waals surface area contributed by atoms with Crippen LogP contribution in [0.1, 0.15) is 5.56 Å². The number of benzene rings is 2. The molecule has 2 N–H and O–H groups in total. The maximum absolute atomic E-state index is 6.01. The number of hydrogen-bond acceptors (Lipinski definition) is 4. The summed E-state index contributed by atoms with van der Waals surface area (Å²) in [6.45, 7) is 2.01. The standard InChI is InChI=1S/C14H12BrN5/c1-9-11(15)6-4-8-13(9)20-14(17-18-19-20)10-5-2-3-7-12(10)16/h2-8H,16H2,1H3. The molecule has 0 aliphatic heterocycles. The van der Waals surface area contributed by atoms with Crippen molar-refractivity contribution in [3.8, 4) is 17.1 Å². The molecule has 0 bridgehead atoms. The third kappa shape index (κ3) is 2.08. The quantitative estimate of drug-likeness (QED) is 0.734. The smallest absolute Gasteiger partial charge is 0.189 e. The molecule has 0 saturated heterocycles. The molecule has 100 valence electrons. The number of rotatable bonds is 2. The van der Waals surface area contributed by atoms with Gasteiger partial charge in [-0.05, 0) is 47.2 Å². The highest BCUT2D eigenvalue weighted by Crippen LogP contribution is 2.28. The molecule has 0 spiro atoms. The van der Waals surface area contributed by atoms with Crippen molar-refractivity contribution in [1.29, 1.82) is 0 Å². The first kappa shape index (κ1) is 12.8. The Labute approximate surface area is 124 Å². The van der Waals surface area contributed by atoms with E-state index in [2.05, 4.69) is 31.5 Å². The third-order valence-corrected chi connectivity index (χ3v) is 4.00. The lowest BCUT2D eigenvalue weighted by molar-refractivity contribution is 0.787. The summed E-state index contributed by atoms with van der Waals surface area (Å²) in [5.41, 5.74) is 9.46. The van der Waals surface area contributed by atoms with Gasteiger partial charge in [-0.1, -0.05) is 34.1 Å². The average molecular weight is 330 g/mol. The Morgan fingerprint density at radius 1 is 1.10 bits per heavy atom. The molecule has 1 aromatic heterocycles. The van der Waals surface area contributed by atoms with Gasteiger partial charge >= 0.3 is 0 Å². The van der Waals surface area contributed by atoms with Crippen molar-refractivity contribution >= 4 is 21.6 Å². The molecule has 5 nitrogen and oxygen atoms in total. The number of nitrogen functional groups attached to an aromatic ring is 1. The number of aromatic nitrogens is 4. The molecule has 20 heavy (non-hydrogen) atoms. The van der Waals surface area contributed by atoms with Crippen LogP contribution in [0.5, 0.6) is 0 Å². The van der Waals surface area contributed by atoms with E-state index in [-0.39, 0.29) is 0 Å². The van der Waals surface area contributed by atoms with Crippen molar-refractivity contribution in [1.82, 2.24) is 20.2 Å². The molecule has 2 aromatic carbocycles. The summed E-state index contributed by atoms with van der Waals surface area (Å²) in [7, 11) is 0. The summed E-state index contributed by atoms with van der Waals surface area (Å²) in [5, 5.41) is 12.0. The van der Waals surface area contributed by atoms with E-state index in [1.54, 1.807) is 4.68 Å². The first-order valence-corrected chi connectivity index (χ1v) is 6.86. The molecule has 0 amide bonds. The highest BCUT2D eigenvalue weighted by molar-refractivity contribution is 9.10. The van der Waals surface area contributed by atoms with E-state index in [0.717, 1.165) is 21.3 Å². The Bertz CT molecular complexity index is 766. The lowest BCUT2D eigenvalue weighted by Gasteiger charge is -2.10. The summed E-state index contributed by atoms with van der Waals surface area (Å²) < 4.78 is 2.71. The van der Waals surface area contributed by atoms with E-state index < -0.39 is 0 Å². The first-order valence-electron chi connectivity index (χ1n) is 6.07. The average Bonchev–Trinajstić information content (AvgIpc) is 2.91. The first-order chi connectivity index (χ1) is 9.68. The van der Waals surface area contributed by atoms with E-state index >= 15 is 0 Å². The van der Waals surface area contributed by atoms with Gasteiger partial charge in [0.15, 0.2) is 5.82 Å². The van der Waals surface area contributed by atoms with Crippen LogP contribution in [-0.2, 0) is 0 Å². The Morgan fingerprint density at radius 3 is 2.70 bits per heavy atom. The zero-order valence-corrected chi connectivity index (χ0v) is 12.4. The second kappa shape index (κ2) is 5.05. The number of nitrogens with zero attached hydrogens (tertiary/aromatic N) is 4. The fourth-order valence-electron chi connectivity index (χ4n) is 2.04. The summed E-state index contributed by atoms with van der Waals surface area (Å²) in [6, 6.07) is 13.5. The number of nitrogens with two attached hydrogens (primary N) is 1. The summed E-state index contributed by atoms with van der Waals surface area (Å²) in [6.07, 6.45) is 0. The summed E-state index contributed by atoms with van der Waals surface area (Å²) >= 11 is 3.52. The number of hydrogen-bond donors (Lipinski definition) is 1. The Morgan fingerprint density at radius 2 is 1.90 bits per heavy atom. The molecule has 0 saturated carbocycles. The van der Waals surface area contributed by atoms with Gasteiger partial charge in [0.2, 0.25) is 0 Å². The van der Waals surface area contributed by atoms with E-state index in [1.807, 2.05) is 49.4 Å². The molecule has 3 aromatic rings. The molecule has 0 atom stereocenters. The van der Waals surface area contributed by atoms with Crippen LogP contribution in [0.15, 0.2) is 46.9 Å². The fourth-order valence-corrected chi connectivity index (χ4v) is 2.40. The minimum Gasteiger partial charge on any atom is -0.398 e. The van der Waals surface area contributed by atoms with Crippen molar-refractivity contribution in [2.24, 2.45) is 0 Å². The molecular weight excluding hydrogens is 318 g/mol. The molecule has 1 heterocycles. The second-order valence-corrected chi connectivity index (χ2v) is 5.24. The van der Waals surface area contributed by atoms with Gasteiger partial charge in [-0.15, -0.1) is 5.10 Å². The predicted octanol–water partition coefficient (Wildman–Crippen LogP) is 2.98. The number of tetrazole rings is 1. The molecule has 0 aliphatic rings. The number of para-hydroxylation sites is 1. The number of anilines is 1. The van der Waals surface area contributed by atoms with Crippen molar-refractivity contribution in [2.75, 3.05) is 5.73 Å². The Kier molecular flexibility index (Phi) is 3.23. The van der Waals surface area contributed by atoms with Crippen molar-refractivity contribution in [2.45, 2.75) is 6.92 Å². The maximum atomic E-state index is 6.01. The van der Waals surface area contributed by atoms with E-state index in [4.69, 9.17) is 5.73 Å². The van der Waals surface area contributed by atoms with Crippen LogP contribution in [-0.4, -0.2) is 20.2 Å². The summed E-state index contributed by atoms with van der Waals surface area (Å²) in [5.74, 6) is 0.629. The monoisotopic (exact) mass is 329 g/mol. The molecule has 6 heteroatoms. The van der Waals surface area contributed by atoms with Gasteiger partial charge in [-0.2, -0.15) is 4.68 Å². The van der Waals surface area contributed by atoms with E-state index in [1.165, 1.54) is 0 Å². The van der Waals surface area contributed by atoms with Crippen molar-refractivity contribution in [3.05, 3.63) is 52.5 Å². The van der Waals surface area contributed by atoms with Crippen LogP contribution >= 0.6 is 15.9 Å². The van der Waals surface area contributed by atoms with Crippen LogP contribution in [0.2, 0.25) is 0 Å². The van der Waals surface area contributed by atoms with Gasteiger partial charge in [-0.3, -0.25) is 0 Å². The minimum atomic E-state index is 0.629. The molecule has 0 fully saturated rings. The number of halogens is 1. The lowest BCUT2D eigenvalue weighted by atomic mass is 10.1. The molecule has 3 rings (SSSR count). The predicted molar refractivity (Wildman–Crippen MR) is 81.4 cm³/mol. The zero-order valence-electron chi connectivity index (χ0n) is 10.8. The van der Waals surface area contributed by atoms with E-state index in [0.29, 0.717) is 11.5 Å². The molecule has 0 radical (unpaired) electrons. The van der Waals surface area contributed by atoms with Gasteiger partial charge in [0, 0.05) is 15.7 Å². The van der Waals surface area contributed by atoms with Gasteiger partial charge in [0.25, 0.3) is 0 Å². The van der Waals surface area contributed by atoms with E-state index in [9.17, 15) is 0 Å². The van der Waals surface area contributed by atoms with Crippen molar-refractivity contribution < 1.29 is 0 Å². The van der Waals surface area contributed by atoms with Crippen LogP contribution in [0.25, 0.3) is 17.1 Å². The zero-order chi connectivity index (χ0) is 14.1. The highest BCUT2D eigenvalue weighted by Gasteiger charge is 2.15. The third-order valence-electron chi connectivity index (χ3n) is 3.14. The maximum Gasteiger partial charge on any atom is 0.189 e.